The number of aromatic nitrogens is 1. The number of fused-ring (bicyclic) bond motifs is 1. The van der Waals surface area contributed by atoms with Crippen LogP contribution in [0.5, 0.6) is 0 Å². The van der Waals surface area contributed by atoms with Crippen molar-refractivity contribution >= 4 is 27.8 Å². The SMILES string of the molecule is Cc1nc(C)c(CNc2ccc3ccccc3c2)s1. The summed E-state index contributed by atoms with van der Waals surface area (Å²) in [7, 11) is 0. The Hall–Kier alpha value is -1.87. The van der Waals surface area contributed by atoms with E-state index in [0.717, 1.165) is 22.9 Å². The number of nitrogens with one attached hydrogen (secondary N) is 1. The summed E-state index contributed by atoms with van der Waals surface area (Å²) in [6.45, 7) is 4.97. The second-order valence-corrected chi connectivity index (χ2v) is 5.94. The number of benzene rings is 2. The Morgan fingerprint density at radius 2 is 1.84 bits per heavy atom. The van der Waals surface area contributed by atoms with Crippen LogP contribution in [0, 0.1) is 13.8 Å². The van der Waals surface area contributed by atoms with Crippen molar-refractivity contribution in [2.45, 2.75) is 20.4 Å². The van der Waals surface area contributed by atoms with Gasteiger partial charge in [-0.15, -0.1) is 11.3 Å². The van der Waals surface area contributed by atoms with Crippen molar-refractivity contribution in [3.8, 4) is 0 Å². The Kier molecular flexibility index (Phi) is 3.22. The lowest BCUT2D eigenvalue weighted by Crippen LogP contribution is -1.98. The first kappa shape index (κ1) is 12.2. The quantitative estimate of drug-likeness (QED) is 0.755. The highest BCUT2D eigenvalue weighted by molar-refractivity contribution is 7.11. The van der Waals surface area contributed by atoms with Gasteiger partial charge in [0.1, 0.15) is 0 Å². The maximum Gasteiger partial charge on any atom is 0.0900 e. The van der Waals surface area contributed by atoms with Crippen LogP contribution in [0.15, 0.2) is 42.5 Å². The number of nitrogens with zero attached hydrogens (tertiary/aromatic N) is 1. The minimum atomic E-state index is 0.843. The van der Waals surface area contributed by atoms with E-state index >= 15 is 0 Å². The van der Waals surface area contributed by atoms with Crippen molar-refractivity contribution in [2.75, 3.05) is 5.32 Å². The fraction of sp³-hybridized carbons (Fsp3) is 0.188. The standard InChI is InChI=1S/C16H16N2S/c1-11-16(19-12(2)18-11)10-17-15-8-7-13-5-3-4-6-14(13)9-15/h3-9,17H,10H2,1-2H3. The van der Waals surface area contributed by atoms with Crippen LogP contribution in [0.2, 0.25) is 0 Å². The molecule has 0 saturated carbocycles. The van der Waals surface area contributed by atoms with E-state index in [1.54, 1.807) is 11.3 Å². The molecule has 0 bridgehead atoms. The molecule has 0 aliphatic heterocycles. The van der Waals surface area contributed by atoms with Gasteiger partial charge in [-0.3, -0.25) is 0 Å². The van der Waals surface area contributed by atoms with Crippen LogP contribution in [0.4, 0.5) is 5.69 Å². The van der Waals surface area contributed by atoms with Gasteiger partial charge in [-0.25, -0.2) is 4.98 Å². The van der Waals surface area contributed by atoms with Gasteiger partial charge in [0.2, 0.25) is 0 Å². The molecule has 0 aliphatic carbocycles. The zero-order chi connectivity index (χ0) is 13.2. The van der Waals surface area contributed by atoms with Crippen LogP contribution < -0.4 is 5.32 Å². The highest BCUT2D eigenvalue weighted by Gasteiger charge is 2.04. The molecule has 0 fully saturated rings. The molecule has 19 heavy (non-hydrogen) atoms. The Labute approximate surface area is 117 Å². The predicted octanol–water partition coefficient (Wildman–Crippen LogP) is 4.53. The van der Waals surface area contributed by atoms with Crippen molar-refractivity contribution in [3.63, 3.8) is 0 Å². The molecule has 0 amide bonds. The molecule has 0 atom stereocenters. The van der Waals surface area contributed by atoms with Gasteiger partial charge in [-0.2, -0.15) is 0 Å². The van der Waals surface area contributed by atoms with E-state index in [2.05, 4.69) is 66.6 Å². The first-order valence-corrected chi connectivity index (χ1v) is 7.19. The molecular formula is C16H16N2S. The summed E-state index contributed by atoms with van der Waals surface area (Å²) in [6, 6.07) is 14.9. The van der Waals surface area contributed by atoms with E-state index in [9.17, 15) is 0 Å². The first-order valence-electron chi connectivity index (χ1n) is 6.38. The highest BCUT2D eigenvalue weighted by Crippen LogP contribution is 2.22. The van der Waals surface area contributed by atoms with Crippen molar-refractivity contribution in [1.82, 2.24) is 4.98 Å². The van der Waals surface area contributed by atoms with Gasteiger partial charge >= 0.3 is 0 Å². The summed E-state index contributed by atoms with van der Waals surface area (Å²) in [4.78, 5) is 5.76. The molecule has 0 spiro atoms. The van der Waals surface area contributed by atoms with Crippen LogP contribution in [0.1, 0.15) is 15.6 Å². The first-order chi connectivity index (χ1) is 9.22. The molecule has 3 rings (SSSR count). The topological polar surface area (TPSA) is 24.9 Å². The van der Waals surface area contributed by atoms with Gasteiger partial charge in [-0.05, 0) is 36.8 Å². The lowest BCUT2D eigenvalue weighted by atomic mass is 10.1. The van der Waals surface area contributed by atoms with Crippen molar-refractivity contribution < 1.29 is 0 Å². The summed E-state index contributed by atoms with van der Waals surface area (Å²) in [5.41, 5.74) is 2.29. The van der Waals surface area contributed by atoms with E-state index in [1.165, 1.54) is 15.6 Å². The molecule has 3 aromatic rings. The maximum absolute atomic E-state index is 4.45. The van der Waals surface area contributed by atoms with Gasteiger partial charge in [0.15, 0.2) is 0 Å². The van der Waals surface area contributed by atoms with Crippen LogP contribution in [-0.4, -0.2) is 4.98 Å². The second kappa shape index (κ2) is 5.02. The summed E-state index contributed by atoms with van der Waals surface area (Å²) in [6.07, 6.45) is 0. The average Bonchev–Trinajstić information content (AvgIpc) is 2.74. The predicted molar refractivity (Wildman–Crippen MR) is 82.9 cm³/mol. The Bertz CT molecular complexity index is 716. The summed E-state index contributed by atoms with van der Waals surface area (Å²) in [5, 5.41) is 7.15. The zero-order valence-electron chi connectivity index (χ0n) is 11.1. The third kappa shape index (κ3) is 2.61. The van der Waals surface area contributed by atoms with Gasteiger partial charge < -0.3 is 5.32 Å². The lowest BCUT2D eigenvalue weighted by molar-refractivity contribution is 1.11. The van der Waals surface area contributed by atoms with E-state index in [4.69, 9.17) is 0 Å². The molecule has 3 heteroatoms. The summed E-state index contributed by atoms with van der Waals surface area (Å²) in [5.74, 6) is 0. The molecule has 1 N–H and O–H groups in total. The highest BCUT2D eigenvalue weighted by atomic mass is 32.1. The molecular weight excluding hydrogens is 252 g/mol. The third-order valence-corrected chi connectivity index (χ3v) is 4.27. The normalized spacial score (nSPS) is 10.8. The third-order valence-electron chi connectivity index (χ3n) is 3.20. The molecule has 0 aliphatic rings. The molecule has 96 valence electrons. The second-order valence-electron chi connectivity index (χ2n) is 4.66. The molecule has 1 aromatic heterocycles. The summed E-state index contributed by atoms with van der Waals surface area (Å²) < 4.78 is 0. The Morgan fingerprint density at radius 3 is 2.58 bits per heavy atom. The number of rotatable bonds is 3. The van der Waals surface area contributed by atoms with E-state index in [0.29, 0.717) is 0 Å². The molecule has 0 unspecified atom stereocenters. The number of thiazole rings is 1. The molecule has 0 radical (unpaired) electrons. The van der Waals surface area contributed by atoms with Crippen LogP contribution >= 0.6 is 11.3 Å². The van der Waals surface area contributed by atoms with Crippen molar-refractivity contribution in [1.29, 1.82) is 0 Å². The average molecular weight is 268 g/mol. The Morgan fingerprint density at radius 1 is 1.05 bits per heavy atom. The van der Waals surface area contributed by atoms with E-state index < -0.39 is 0 Å². The molecule has 1 heterocycles. The fourth-order valence-corrected chi connectivity index (χ4v) is 3.10. The molecule has 2 aromatic carbocycles. The van der Waals surface area contributed by atoms with Gasteiger partial charge in [0.25, 0.3) is 0 Å². The lowest BCUT2D eigenvalue weighted by Gasteiger charge is -2.06. The zero-order valence-corrected chi connectivity index (χ0v) is 11.9. The summed E-state index contributed by atoms with van der Waals surface area (Å²) >= 11 is 1.76. The number of hydrogen-bond donors (Lipinski definition) is 1. The van der Waals surface area contributed by atoms with Gasteiger partial charge in [0.05, 0.1) is 17.2 Å². The number of aryl methyl sites for hydroxylation is 2. The Balaban J connectivity index is 1.80. The van der Waals surface area contributed by atoms with E-state index in [-0.39, 0.29) is 0 Å². The van der Waals surface area contributed by atoms with Crippen molar-refractivity contribution in [3.05, 3.63) is 58.0 Å². The monoisotopic (exact) mass is 268 g/mol. The van der Waals surface area contributed by atoms with Gasteiger partial charge in [0, 0.05) is 10.6 Å². The number of hydrogen-bond acceptors (Lipinski definition) is 3. The molecule has 2 nitrogen and oxygen atoms in total. The molecule has 0 saturated heterocycles. The van der Waals surface area contributed by atoms with Crippen molar-refractivity contribution in [2.24, 2.45) is 0 Å². The van der Waals surface area contributed by atoms with Gasteiger partial charge in [-0.1, -0.05) is 30.3 Å². The van der Waals surface area contributed by atoms with Crippen LogP contribution in [-0.2, 0) is 6.54 Å². The smallest absolute Gasteiger partial charge is 0.0900 e. The number of anilines is 1. The van der Waals surface area contributed by atoms with Crippen LogP contribution in [0.25, 0.3) is 10.8 Å². The largest absolute Gasteiger partial charge is 0.380 e. The minimum absolute atomic E-state index is 0.843. The fourth-order valence-electron chi connectivity index (χ4n) is 2.22. The maximum atomic E-state index is 4.45. The van der Waals surface area contributed by atoms with E-state index in [1.807, 2.05) is 0 Å². The minimum Gasteiger partial charge on any atom is -0.380 e. The van der Waals surface area contributed by atoms with Crippen LogP contribution in [0.3, 0.4) is 0 Å².